The minimum atomic E-state index is 0.126. The van der Waals surface area contributed by atoms with Crippen LogP contribution in [0.1, 0.15) is 61.8 Å². The molecule has 2 aliphatic heterocycles. The van der Waals surface area contributed by atoms with Crippen LogP contribution in [0, 0.1) is 19.3 Å². The molecule has 2 aliphatic rings. The van der Waals surface area contributed by atoms with E-state index in [9.17, 15) is 0 Å². The number of nitrogens with zero attached hydrogens (tertiary/aromatic N) is 1. The van der Waals surface area contributed by atoms with Gasteiger partial charge in [0.2, 0.25) is 5.69 Å². The number of pyridine rings is 1. The molecule has 4 aromatic carbocycles. The average Bonchev–Trinajstić information content (AvgIpc) is 2.91. The number of fused-ring (bicyclic) bond motifs is 5. The van der Waals surface area contributed by atoms with E-state index in [0.29, 0.717) is 5.92 Å². The molecule has 0 saturated carbocycles. The predicted molar refractivity (Wildman–Crippen MR) is 161 cm³/mol. The SMILES string of the molecule is Cc1ccc2c(CC(C)(C)C)c3c(c(C)c2c1)-c1c2c(cc4cccc(C5CCOCC5)c4c2cc[n+]1C)O3. The van der Waals surface area contributed by atoms with E-state index in [1.54, 1.807) is 0 Å². The summed E-state index contributed by atoms with van der Waals surface area (Å²) in [6.45, 7) is 13.1. The number of ether oxygens (including phenoxy) is 2. The smallest absolute Gasteiger partial charge is 0.228 e. The van der Waals surface area contributed by atoms with E-state index in [-0.39, 0.29) is 5.41 Å². The van der Waals surface area contributed by atoms with Gasteiger partial charge in [-0.2, -0.15) is 0 Å². The second-order valence-electron chi connectivity index (χ2n) is 13.0. The molecular formula is C36H38NO2+. The van der Waals surface area contributed by atoms with Crippen molar-refractivity contribution in [3.05, 3.63) is 77.0 Å². The number of hydrogen-bond acceptors (Lipinski definition) is 2. The molecule has 0 amide bonds. The topological polar surface area (TPSA) is 22.3 Å². The molecule has 0 bridgehead atoms. The Morgan fingerprint density at radius 2 is 1.69 bits per heavy atom. The molecule has 0 aliphatic carbocycles. The van der Waals surface area contributed by atoms with Gasteiger partial charge in [-0.05, 0) is 83.2 Å². The Labute approximate surface area is 231 Å². The maximum absolute atomic E-state index is 7.06. The third-order valence-corrected chi connectivity index (χ3v) is 8.85. The molecule has 1 aromatic heterocycles. The summed E-state index contributed by atoms with van der Waals surface area (Å²) >= 11 is 0. The van der Waals surface area contributed by atoms with Crippen molar-refractivity contribution in [3.63, 3.8) is 0 Å². The normalized spacial score (nSPS) is 15.6. The van der Waals surface area contributed by atoms with Crippen molar-refractivity contribution < 1.29 is 14.0 Å². The van der Waals surface area contributed by atoms with Gasteiger partial charge >= 0.3 is 0 Å². The maximum Gasteiger partial charge on any atom is 0.228 e. The first-order valence-corrected chi connectivity index (χ1v) is 14.4. The Kier molecular flexibility index (Phi) is 5.55. The summed E-state index contributed by atoms with van der Waals surface area (Å²) in [7, 11) is 2.19. The summed E-state index contributed by atoms with van der Waals surface area (Å²) in [5.41, 5.74) is 8.00. The van der Waals surface area contributed by atoms with Crippen molar-refractivity contribution in [2.24, 2.45) is 12.5 Å². The zero-order valence-corrected chi connectivity index (χ0v) is 24.1. The highest BCUT2D eigenvalue weighted by atomic mass is 16.5. The van der Waals surface area contributed by atoms with Crippen LogP contribution in [0.25, 0.3) is 43.6 Å². The highest BCUT2D eigenvalue weighted by Gasteiger charge is 2.35. The quantitative estimate of drug-likeness (QED) is 0.169. The zero-order valence-electron chi connectivity index (χ0n) is 24.1. The lowest BCUT2D eigenvalue weighted by Gasteiger charge is -2.29. The van der Waals surface area contributed by atoms with E-state index in [1.165, 1.54) is 65.8 Å². The third kappa shape index (κ3) is 3.85. The van der Waals surface area contributed by atoms with Gasteiger partial charge in [0, 0.05) is 30.2 Å². The van der Waals surface area contributed by atoms with E-state index >= 15 is 0 Å². The van der Waals surface area contributed by atoms with Gasteiger partial charge in [0.1, 0.15) is 18.5 Å². The summed E-state index contributed by atoms with van der Waals surface area (Å²) in [6, 6.07) is 18.3. The molecule has 3 heterocycles. The predicted octanol–water partition coefficient (Wildman–Crippen LogP) is 8.84. The summed E-state index contributed by atoms with van der Waals surface area (Å²) in [4.78, 5) is 0. The first-order valence-electron chi connectivity index (χ1n) is 14.4. The van der Waals surface area contributed by atoms with Crippen molar-refractivity contribution >= 4 is 32.3 Å². The molecule has 1 fully saturated rings. The molecule has 0 unspecified atom stereocenters. The van der Waals surface area contributed by atoms with Crippen molar-refractivity contribution in [1.82, 2.24) is 0 Å². The second-order valence-corrected chi connectivity index (χ2v) is 13.0. The number of aromatic nitrogens is 1. The minimum Gasteiger partial charge on any atom is -0.455 e. The Balaban J connectivity index is 1.61. The van der Waals surface area contributed by atoms with Gasteiger partial charge in [-0.3, -0.25) is 0 Å². The Bertz CT molecular complexity index is 1800. The largest absolute Gasteiger partial charge is 0.455 e. The van der Waals surface area contributed by atoms with E-state index in [2.05, 4.69) is 101 Å². The van der Waals surface area contributed by atoms with Crippen molar-refractivity contribution in [1.29, 1.82) is 0 Å². The van der Waals surface area contributed by atoms with Crippen molar-refractivity contribution in [2.45, 2.75) is 59.8 Å². The van der Waals surface area contributed by atoms with Crippen LogP contribution in [-0.2, 0) is 18.2 Å². The molecular weight excluding hydrogens is 478 g/mol. The van der Waals surface area contributed by atoms with Gasteiger partial charge in [0.05, 0.1) is 10.9 Å². The van der Waals surface area contributed by atoms with Gasteiger partial charge in [-0.25, -0.2) is 4.57 Å². The molecule has 0 N–H and O–H groups in total. The number of aryl methyl sites for hydroxylation is 3. The number of benzene rings is 4. The maximum atomic E-state index is 7.06. The Hall–Kier alpha value is -3.43. The Morgan fingerprint density at radius 3 is 2.46 bits per heavy atom. The number of hydrogen-bond donors (Lipinski definition) is 0. The van der Waals surface area contributed by atoms with Crippen LogP contribution in [0.4, 0.5) is 0 Å². The fraction of sp³-hybridized carbons (Fsp3) is 0.361. The first kappa shape index (κ1) is 24.6. The molecule has 1 saturated heterocycles. The van der Waals surface area contributed by atoms with Gasteiger partial charge in [0.15, 0.2) is 6.20 Å². The standard InChI is InChI=1S/C36H38NO2/c1-21-10-11-26-28(18-21)22(2)31-34-33-27(12-15-37(34)6)32-24(8-7-9-25(32)23-13-16-38-17-14-23)19-30(33)39-35(31)29(26)20-36(3,4)5/h7-12,15,18-19,23H,13-14,16-17,20H2,1-6H3/q+1. The molecule has 0 atom stereocenters. The van der Waals surface area contributed by atoms with Crippen LogP contribution in [0.2, 0.25) is 0 Å². The third-order valence-electron chi connectivity index (χ3n) is 8.85. The van der Waals surface area contributed by atoms with E-state index < -0.39 is 0 Å². The highest BCUT2D eigenvalue weighted by Crippen LogP contribution is 2.53. The summed E-state index contributed by atoms with van der Waals surface area (Å²) in [5.74, 6) is 2.53. The molecule has 0 radical (unpaired) electrons. The van der Waals surface area contributed by atoms with Crippen LogP contribution in [0.5, 0.6) is 11.5 Å². The average molecular weight is 517 g/mol. The zero-order chi connectivity index (χ0) is 27.1. The lowest BCUT2D eigenvalue weighted by Crippen LogP contribution is -2.32. The van der Waals surface area contributed by atoms with E-state index in [4.69, 9.17) is 9.47 Å². The molecule has 39 heavy (non-hydrogen) atoms. The molecule has 3 nitrogen and oxygen atoms in total. The molecule has 3 heteroatoms. The Morgan fingerprint density at radius 1 is 0.897 bits per heavy atom. The monoisotopic (exact) mass is 516 g/mol. The lowest BCUT2D eigenvalue weighted by atomic mass is 9.81. The lowest BCUT2D eigenvalue weighted by molar-refractivity contribution is -0.659. The molecule has 7 rings (SSSR count). The number of rotatable bonds is 2. The van der Waals surface area contributed by atoms with Crippen LogP contribution in [-0.4, -0.2) is 13.2 Å². The molecule has 198 valence electrons. The molecule has 0 spiro atoms. The fourth-order valence-electron chi connectivity index (χ4n) is 7.09. The van der Waals surface area contributed by atoms with Crippen molar-refractivity contribution in [3.8, 4) is 22.8 Å². The van der Waals surface area contributed by atoms with E-state index in [1.807, 2.05) is 0 Å². The minimum absolute atomic E-state index is 0.126. The van der Waals surface area contributed by atoms with Gasteiger partial charge < -0.3 is 9.47 Å². The van der Waals surface area contributed by atoms with Gasteiger partial charge in [-0.1, -0.05) is 62.7 Å². The van der Waals surface area contributed by atoms with Crippen LogP contribution >= 0.6 is 0 Å². The van der Waals surface area contributed by atoms with Gasteiger partial charge in [0.25, 0.3) is 0 Å². The van der Waals surface area contributed by atoms with Crippen LogP contribution in [0.15, 0.2) is 54.7 Å². The van der Waals surface area contributed by atoms with Gasteiger partial charge in [-0.15, -0.1) is 0 Å². The first-order chi connectivity index (χ1) is 18.7. The fourth-order valence-corrected chi connectivity index (χ4v) is 7.09. The van der Waals surface area contributed by atoms with Crippen LogP contribution < -0.4 is 9.30 Å². The van der Waals surface area contributed by atoms with Crippen LogP contribution in [0.3, 0.4) is 0 Å². The highest BCUT2D eigenvalue weighted by molar-refractivity contribution is 6.17. The summed E-state index contributed by atoms with van der Waals surface area (Å²) < 4.78 is 15.1. The summed E-state index contributed by atoms with van der Waals surface area (Å²) in [6.07, 6.45) is 5.36. The molecule has 5 aromatic rings. The second kappa shape index (κ2) is 8.79. The van der Waals surface area contributed by atoms with Crippen molar-refractivity contribution in [2.75, 3.05) is 13.2 Å². The van der Waals surface area contributed by atoms with E-state index in [0.717, 1.165) is 44.0 Å². The summed E-state index contributed by atoms with van der Waals surface area (Å²) in [5, 5.41) is 7.81.